The Morgan fingerprint density at radius 2 is 2.11 bits per heavy atom. The number of hydrogen-bond acceptors (Lipinski definition) is 4. The van der Waals surface area contributed by atoms with E-state index in [0.717, 1.165) is 32.1 Å². The van der Waals surface area contributed by atoms with Crippen molar-refractivity contribution in [1.82, 2.24) is 16.0 Å². The summed E-state index contributed by atoms with van der Waals surface area (Å²) in [5.41, 5.74) is 7.03. The molecule has 1 heterocycles. The first-order valence-corrected chi connectivity index (χ1v) is 9.20. The molecule has 27 heavy (non-hydrogen) atoms. The minimum absolute atomic E-state index is 0.446. The summed E-state index contributed by atoms with van der Waals surface area (Å²) >= 11 is 0. The predicted octanol–water partition coefficient (Wildman–Crippen LogP) is 2.05. The summed E-state index contributed by atoms with van der Waals surface area (Å²) in [7, 11) is 0. The molecule has 6 N–H and O–H groups in total. The van der Waals surface area contributed by atoms with Crippen molar-refractivity contribution in [3.63, 3.8) is 0 Å². The lowest BCUT2D eigenvalue weighted by atomic mass is 9.76. The summed E-state index contributed by atoms with van der Waals surface area (Å²) in [5.74, 6) is -0.171. The highest BCUT2D eigenvalue weighted by Gasteiger charge is 2.31. The highest BCUT2D eigenvalue weighted by molar-refractivity contribution is 6.05. The van der Waals surface area contributed by atoms with Crippen molar-refractivity contribution in [1.29, 1.82) is 0 Å². The van der Waals surface area contributed by atoms with Gasteiger partial charge < -0.3 is 21.5 Å². The molecule has 8 heteroatoms. The van der Waals surface area contributed by atoms with E-state index in [4.69, 9.17) is 5.73 Å². The molecular formula is C19H32N4O4. The van der Waals surface area contributed by atoms with E-state index >= 15 is 0 Å². The van der Waals surface area contributed by atoms with Gasteiger partial charge in [0.05, 0.1) is 5.60 Å². The number of aliphatic hydroxyl groups is 1. The van der Waals surface area contributed by atoms with Gasteiger partial charge in [0.25, 0.3) is 5.91 Å². The lowest BCUT2D eigenvalue weighted by molar-refractivity contribution is -0.120. The number of rotatable bonds is 5. The fraction of sp³-hybridized carbons (Fsp3) is 0.632. The van der Waals surface area contributed by atoms with Crippen LogP contribution in [0.25, 0.3) is 0 Å². The van der Waals surface area contributed by atoms with Gasteiger partial charge in [-0.25, -0.2) is 9.59 Å². The molecule has 0 saturated carbocycles. The van der Waals surface area contributed by atoms with Gasteiger partial charge in [0.15, 0.2) is 6.17 Å². The van der Waals surface area contributed by atoms with E-state index < -0.39 is 29.7 Å². The van der Waals surface area contributed by atoms with E-state index in [1.165, 1.54) is 11.1 Å². The zero-order chi connectivity index (χ0) is 20.6. The fourth-order valence-electron chi connectivity index (χ4n) is 3.05. The molecule has 0 aromatic heterocycles. The monoisotopic (exact) mass is 380 g/mol. The average molecular weight is 380 g/mol. The van der Waals surface area contributed by atoms with Crippen molar-refractivity contribution < 1.29 is 19.5 Å². The largest absolute Gasteiger partial charge is 0.390 e. The molecule has 3 atom stereocenters. The first-order chi connectivity index (χ1) is 12.5. The van der Waals surface area contributed by atoms with Gasteiger partial charge in [0.1, 0.15) is 0 Å². The smallest absolute Gasteiger partial charge is 0.323 e. The number of primary amides is 1. The summed E-state index contributed by atoms with van der Waals surface area (Å²) in [6, 6.07) is -1.51. The SMILES string of the molecule is CC(C)=CCC[C@@](C)(O)[C@H]1CC=C(C)CC1.NC(=O)NC1NC(=O)NC1=O. The van der Waals surface area contributed by atoms with Crippen LogP contribution in [-0.4, -0.2) is 34.8 Å². The number of nitrogens with one attached hydrogen (secondary N) is 3. The Hall–Kier alpha value is -2.35. The van der Waals surface area contributed by atoms with Crippen LogP contribution in [0.3, 0.4) is 0 Å². The molecule has 2 rings (SSSR count). The predicted molar refractivity (Wildman–Crippen MR) is 104 cm³/mol. The maximum atomic E-state index is 10.7. The molecule has 1 unspecified atom stereocenters. The van der Waals surface area contributed by atoms with Gasteiger partial charge in [-0.2, -0.15) is 0 Å². The molecule has 0 radical (unpaired) electrons. The standard InChI is InChI=1S/C15H26O.C4H6N4O3/c1-12(2)6-5-11-15(4,16)14-9-7-13(3)8-10-14;5-3(10)6-1-2(9)8-4(11)7-1/h6-7,14,16H,5,8-11H2,1-4H3;1H,(H3,5,6,10)(H2,7,8,9,11)/t14-,15+;/m0./s1. The van der Waals surface area contributed by atoms with Crippen molar-refractivity contribution in [2.75, 3.05) is 0 Å². The zero-order valence-corrected chi connectivity index (χ0v) is 16.6. The average Bonchev–Trinajstić information content (AvgIpc) is 2.84. The topological polar surface area (TPSA) is 134 Å². The molecule has 5 amide bonds. The number of carbonyl (C=O) groups excluding carboxylic acids is 3. The van der Waals surface area contributed by atoms with Crippen LogP contribution in [0, 0.1) is 5.92 Å². The van der Waals surface area contributed by atoms with Gasteiger partial charge in [-0.3, -0.25) is 10.1 Å². The fourth-order valence-corrected chi connectivity index (χ4v) is 3.05. The highest BCUT2D eigenvalue weighted by Crippen LogP contribution is 2.34. The van der Waals surface area contributed by atoms with E-state index in [2.05, 4.69) is 38.2 Å². The summed E-state index contributed by atoms with van der Waals surface area (Å²) < 4.78 is 0. The number of nitrogens with two attached hydrogens (primary N) is 1. The van der Waals surface area contributed by atoms with Crippen molar-refractivity contribution in [3.8, 4) is 0 Å². The number of allylic oxidation sites excluding steroid dienone is 4. The molecular weight excluding hydrogens is 348 g/mol. The second-order valence-corrected chi connectivity index (χ2v) is 7.60. The molecule has 1 fully saturated rings. The summed E-state index contributed by atoms with van der Waals surface area (Å²) in [4.78, 5) is 31.3. The number of amides is 5. The van der Waals surface area contributed by atoms with E-state index in [0.29, 0.717) is 5.92 Å². The molecule has 1 aliphatic heterocycles. The summed E-state index contributed by atoms with van der Waals surface area (Å²) in [6.45, 7) is 8.42. The maximum absolute atomic E-state index is 10.7. The van der Waals surface area contributed by atoms with E-state index in [1.807, 2.05) is 17.6 Å². The van der Waals surface area contributed by atoms with Gasteiger partial charge in [-0.1, -0.05) is 23.3 Å². The third-order valence-corrected chi connectivity index (χ3v) is 4.78. The van der Waals surface area contributed by atoms with Crippen LogP contribution < -0.4 is 21.7 Å². The second-order valence-electron chi connectivity index (χ2n) is 7.60. The van der Waals surface area contributed by atoms with Crippen LogP contribution in [0.15, 0.2) is 23.3 Å². The highest BCUT2D eigenvalue weighted by atomic mass is 16.3. The third-order valence-electron chi connectivity index (χ3n) is 4.78. The second kappa shape index (κ2) is 10.1. The number of hydrogen-bond donors (Lipinski definition) is 5. The Kier molecular flexibility index (Phi) is 8.49. The van der Waals surface area contributed by atoms with Crippen LogP contribution in [0.4, 0.5) is 9.59 Å². The molecule has 8 nitrogen and oxygen atoms in total. The number of carbonyl (C=O) groups is 3. The number of imide groups is 1. The zero-order valence-electron chi connectivity index (χ0n) is 16.6. The minimum atomic E-state index is -1.04. The van der Waals surface area contributed by atoms with Crippen molar-refractivity contribution in [2.24, 2.45) is 11.7 Å². The van der Waals surface area contributed by atoms with Gasteiger partial charge in [0, 0.05) is 0 Å². The van der Waals surface area contributed by atoms with Gasteiger partial charge in [0.2, 0.25) is 0 Å². The first-order valence-electron chi connectivity index (χ1n) is 9.20. The van der Waals surface area contributed by atoms with Gasteiger partial charge in [-0.15, -0.1) is 0 Å². The van der Waals surface area contributed by atoms with Gasteiger partial charge >= 0.3 is 12.1 Å². The lowest BCUT2D eigenvalue weighted by Crippen LogP contribution is -2.48. The molecule has 1 aliphatic carbocycles. The molecule has 2 aliphatic rings. The molecule has 0 bridgehead atoms. The van der Waals surface area contributed by atoms with Crippen LogP contribution in [0.5, 0.6) is 0 Å². The minimum Gasteiger partial charge on any atom is -0.390 e. The van der Waals surface area contributed by atoms with Crippen molar-refractivity contribution in [2.45, 2.75) is 71.6 Å². The first kappa shape index (κ1) is 22.7. The quantitative estimate of drug-likeness (QED) is 0.369. The number of urea groups is 2. The molecule has 0 aromatic carbocycles. The van der Waals surface area contributed by atoms with Crippen LogP contribution in [0.1, 0.15) is 59.8 Å². The Morgan fingerprint density at radius 3 is 2.56 bits per heavy atom. The van der Waals surface area contributed by atoms with Crippen molar-refractivity contribution >= 4 is 18.0 Å². The maximum Gasteiger partial charge on any atom is 0.323 e. The summed E-state index contributed by atoms with van der Waals surface area (Å²) in [5, 5.41) is 16.5. The Labute approximate surface area is 160 Å². The lowest BCUT2D eigenvalue weighted by Gasteiger charge is -2.34. The van der Waals surface area contributed by atoms with Crippen LogP contribution >= 0.6 is 0 Å². The van der Waals surface area contributed by atoms with Crippen LogP contribution in [-0.2, 0) is 4.79 Å². The van der Waals surface area contributed by atoms with Crippen molar-refractivity contribution in [3.05, 3.63) is 23.3 Å². The summed E-state index contributed by atoms with van der Waals surface area (Å²) in [6.07, 6.45) is 8.70. The van der Waals surface area contributed by atoms with Gasteiger partial charge in [-0.05, 0) is 65.7 Å². The third kappa shape index (κ3) is 8.25. The molecule has 0 aromatic rings. The van der Waals surface area contributed by atoms with E-state index in [-0.39, 0.29) is 0 Å². The Bertz CT molecular complexity index is 621. The van der Waals surface area contributed by atoms with Crippen LogP contribution in [0.2, 0.25) is 0 Å². The van der Waals surface area contributed by atoms with E-state index in [1.54, 1.807) is 0 Å². The molecule has 152 valence electrons. The Morgan fingerprint density at radius 1 is 1.44 bits per heavy atom. The Balaban J connectivity index is 0.000000289. The normalized spacial score (nSPS) is 23.7. The molecule has 1 saturated heterocycles. The van der Waals surface area contributed by atoms with E-state index in [9.17, 15) is 19.5 Å². The molecule has 0 spiro atoms.